The fourth-order valence-electron chi connectivity index (χ4n) is 1.82. The minimum atomic E-state index is -4.48. The second kappa shape index (κ2) is 6.85. The lowest BCUT2D eigenvalue weighted by atomic mass is 10.3. The van der Waals surface area contributed by atoms with E-state index in [0.717, 1.165) is 37.1 Å². The summed E-state index contributed by atoms with van der Waals surface area (Å²) in [6, 6.07) is 0.826. The molecule has 1 aromatic rings. The summed E-state index contributed by atoms with van der Waals surface area (Å²) >= 11 is 6.83. The normalized spacial score (nSPS) is 16.1. The Kier molecular flexibility index (Phi) is 5.34. The van der Waals surface area contributed by atoms with Crippen LogP contribution in [-0.2, 0) is 11.0 Å². The first-order valence-electron chi connectivity index (χ1n) is 6.22. The topological polar surface area (TPSA) is 45.2 Å². The Balaban J connectivity index is 1.95. The molecule has 1 saturated heterocycles. The molecule has 1 fully saturated rings. The van der Waals surface area contributed by atoms with Crippen molar-refractivity contribution in [1.29, 1.82) is 0 Å². The maximum absolute atomic E-state index is 12.5. The number of thioether (sulfide) groups is 1. The minimum absolute atomic E-state index is 0.0701. The van der Waals surface area contributed by atoms with E-state index >= 15 is 0 Å². The highest BCUT2D eigenvalue weighted by molar-refractivity contribution is 8.00. The van der Waals surface area contributed by atoms with Crippen LogP contribution < -0.4 is 5.32 Å². The first kappa shape index (κ1) is 16.4. The number of hydrogen-bond donors (Lipinski definition) is 1. The molecule has 9 heteroatoms. The van der Waals surface area contributed by atoms with E-state index in [1.807, 2.05) is 0 Å². The molecule has 1 aliphatic rings. The molecule has 1 amide bonds. The van der Waals surface area contributed by atoms with E-state index < -0.39 is 11.7 Å². The maximum atomic E-state index is 12.5. The molecule has 0 radical (unpaired) electrons. The molecule has 0 spiro atoms. The molecule has 116 valence electrons. The first-order valence-corrected chi connectivity index (χ1v) is 7.58. The molecule has 2 rings (SSSR count). The zero-order valence-electron chi connectivity index (χ0n) is 10.9. The number of piperazine rings is 1. The number of halogens is 4. The van der Waals surface area contributed by atoms with Gasteiger partial charge in [-0.05, 0) is 6.07 Å². The van der Waals surface area contributed by atoms with Gasteiger partial charge in [-0.25, -0.2) is 4.98 Å². The van der Waals surface area contributed by atoms with Crippen LogP contribution in [0.2, 0.25) is 5.02 Å². The summed E-state index contributed by atoms with van der Waals surface area (Å²) in [5.41, 5.74) is -0.898. The number of nitrogens with zero attached hydrogens (tertiary/aromatic N) is 2. The molecule has 0 aromatic carbocycles. The first-order chi connectivity index (χ1) is 9.88. The highest BCUT2D eigenvalue weighted by Gasteiger charge is 2.31. The summed E-state index contributed by atoms with van der Waals surface area (Å²) in [6.45, 7) is 2.76. The van der Waals surface area contributed by atoms with Gasteiger partial charge in [0.2, 0.25) is 5.91 Å². The van der Waals surface area contributed by atoms with E-state index in [4.69, 9.17) is 11.6 Å². The highest BCUT2D eigenvalue weighted by atomic mass is 35.5. The summed E-state index contributed by atoms with van der Waals surface area (Å²) in [4.78, 5) is 17.3. The number of carbonyl (C=O) groups is 1. The van der Waals surface area contributed by atoms with Crippen LogP contribution in [0.3, 0.4) is 0 Å². The molecule has 4 nitrogen and oxygen atoms in total. The number of nitrogens with one attached hydrogen (secondary N) is 1. The lowest BCUT2D eigenvalue weighted by Crippen LogP contribution is -2.47. The number of carbonyl (C=O) groups excluding carboxylic acids is 1. The molecule has 21 heavy (non-hydrogen) atoms. The maximum Gasteiger partial charge on any atom is 0.417 e. The zero-order valence-corrected chi connectivity index (χ0v) is 12.5. The van der Waals surface area contributed by atoms with Crippen LogP contribution in [0.25, 0.3) is 0 Å². The standard InChI is InChI=1S/C12H13ClF3N3OS/c13-9-5-8(12(14,15)16)6-18-11(9)21-7-10(20)19-3-1-17-2-4-19/h5-6,17H,1-4,7H2. The van der Waals surface area contributed by atoms with E-state index in [1.54, 1.807) is 4.90 Å². The second-order valence-electron chi connectivity index (χ2n) is 4.43. The van der Waals surface area contributed by atoms with Gasteiger partial charge in [0.25, 0.3) is 0 Å². The van der Waals surface area contributed by atoms with Gasteiger partial charge in [0.1, 0.15) is 5.03 Å². The minimum Gasteiger partial charge on any atom is -0.339 e. The monoisotopic (exact) mass is 339 g/mol. The third-order valence-corrected chi connectivity index (χ3v) is 4.33. The summed E-state index contributed by atoms with van der Waals surface area (Å²) in [6.07, 6.45) is -3.75. The van der Waals surface area contributed by atoms with E-state index in [1.165, 1.54) is 0 Å². The van der Waals surface area contributed by atoms with Crippen molar-refractivity contribution >= 4 is 29.3 Å². The van der Waals surface area contributed by atoms with Crippen molar-refractivity contribution in [3.05, 3.63) is 22.8 Å². The number of rotatable bonds is 3. The van der Waals surface area contributed by atoms with Gasteiger partial charge in [0.15, 0.2) is 0 Å². The number of hydrogen-bond acceptors (Lipinski definition) is 4. The van der Waals surface area contributed by atoms with Gasteiger partial charge in [-0.15, -0.1) is 0 Å². The number of amides is 1. The fourth-order valence-corrected chi connectivity index (χ4v) is 2.92. The SMILES string of the molecule is O=C(CSc1ncc(C(F)(F)F)cc1Cl)N1CCNCC1. The molecule has 1 aromatic heterocycles. The lowest BCUT2D eigenvalue weighted by molar-refractivity contribution is -0.138. The molecule has 2 heterocycles. The molecule has 0 saturated carbocycles. The Bertz CT molecular complexity index is 521. The van der Waals surface area contributed by atoms with Crippen molar-refractivity contribution in [3.8, 4) is 0 Å². The van der Waals surface area contributed by atoms with Crippen LogP contribution in [0.15, 0.2) is 17.3 Å². The Hall–Kier alpha value is -0.990. The lowest BCUT2D eigenvalue weighted by Gasteiger charge is -2.27. The van der Waals surface area contributed by atoms with Crippen molar-refractivity contribution < 1.29 is 18.0 Å². The van der Waals surface area contributed by atoms with Crippen LogP contribution in [0.5, 0.6) is 0 Å². The predicted molar refractivity (Wildman–Crippen MR) is 74.4 cm³/mol. The van der Waals surface area contributed by atoms with Gasteiger partial charge >= 0.3 is 6.18 Å². The summed E-state index contributed by atoms with van der Waals surface area (Å²) in [5, 5.41) is 3.27. The summed E-state index contributed by atoms with van der Waals surface area (Å²) in [5.74, 6) is 0.0391. The zero-order chi connectivity index (χ0) is 15.5. The molecule has 1 N–H and O–H groups in total. The quantitative estimate of drug-likeness (QED) is 0.858. The van der Waals surface area contributed by atoms with E-state index in [-0.39, 0.29) is 21.7 Å². The van der Waals surface area contributed by atoms with Gasteiger partial charge in [-0.2, -0.15) is 13.2 Å². The Morgan fingerprint density at radius 3 is 2.67 bits per heavy atom. The van der Waals surface area contributed by atoms with Gasteiger partial charge in [0.05, 0.1) is 16.3 Å². The number of pyridine rings is 1. The van der Waals surface area contributed by atoms with Crippen molar-refractivity contribution in [3.63, 3.8) is 0 Å². The van der Waals surface area contributed by atoms with E-state index in [0.29, 0.717) is 13.1 Å². The molecular weight excluding hydrogens is 327 g/mol. The van der Waals surface area contributed by atoms with Crippen LogP contribution >= 0.6 is 23.4 Å². The van der Waals surface area contributed by atoms with Gasteiger partial charge in [0, 0.05) is 32.4 Å². The van der Waals surface area contributed by atoms with Crippen molar-refractivity contribution in [2.45, 2.75) is 11.2 Å². The third-order valence-electron chi connectivity index (χ3n) is 2.94. The Labute approximate surface area is 129 Å². The largest absolute Gasteiger partial charge is 0.417 e. The number of aromatic nitrogens is 1. The summed E-state index contributed by atoms with van der Waals surface area (Å²) in [7, 11) is 0. The average Bonchev–Trinajstić information content (AvgIpc) is 2.45. The van der Waals surface area contributed by atoms with Gasteiger partial charge in [-0.3, -0.25) is 4.79 Å². The van der Waals surface area contributed by atoms with Gasteiger partial charge < -0.3 is 10.2 Å². The van der Waals surface area contributed by atoms with Crippen LogP contribution in [0.1, 0.15) is 5.56 Å². The third kappa shape index (κ3) is 4.49. The van der Waals surface area contributed by atoms with Crippen molar-refractivity contribution in [2.24, 2.45) is 0 Å². The van der Waals surface area contributed by atoms with Crippen LogP contribution in [0, 0.1) is 0 Å². The van der Waals surface area contributed by atoms with Crippen molar-refractivity contribution in [2.75, 3.05) is 31.9 Å². The molecule has 1 aliphatic heterocycles. The molecule has 0 unspecified atom stereocenters. The van der Waals surface area contributed by atoms with Crippen LogP contribution in [0.4, 0.5) is 13.2 Å². The fraction of sp³-hybridized carbons (Fsp3) is 0.500. The highest BCUT2D eigenvalue weighted by Crippen LogP contribution is 2.33. The molecule has 0 bridgehead atoms. The van der Waals surface area contributed by atoms with Crippen LogP contribution in [-0.4, -0.2) is 47.7 Å². The summed E-state index contributed by atoms with van der Waals surface area (Å²) < 4.78 is 37.5. The van der Waals surface area contributed by atoms with Crippen molar-refractivity contribution in [1.82, 2.24) is 15.2 Å². The second-order valence-corrected chi connectivity index (χ2v) is 5.80. The van der Waals surface area contributed by atoms with Gasteiger partial charge in [-0.1, -0.05) is 23.4 Å². The predicted octanol–water partition coefficient (Wildman–Crippen LogP) is 2.28. The van der Waals surface area contributed by atoms with E-state index in [9.17, 15) is 18.0 Å². The molecule has 0 atom stereocenters. The Morgan fingerprint density at radius 2 is 2.10 bits per heavy atom. The molecular formula is C12H13ClF3N3OS. The number of alkyl halides is 3. The molecule has 0 aliphatic carbocycles. The Morgan fingerprint density at radius 1 is 1.43 bits per heavy atom. The van der Waals surface area contributed by atoms with E-state index in [2.05, 4.69) is 10.3 Å². The average molecular weight is 340 g/mol. The smallest absolute Gasteiger partial charge is 0.339 e.